The molecular formula is C25H30FN5O7S. The van der Waals surface area contributed by atoms with Crippen molar-refractivity contribution in [2.45, 2.75) is 61.7 Å². The van der Waals surface area contributed by atoms with Crippen LogP contribution < -0.4 is 15.8 Å². The molecule has 0 spiro atoms. The van der Waals surface area contributed by atoms with Gasteiger partial charge in [0, 0.05) is 24.4 Å². The lowest BCUT2D eigenvalue weighted by Gasteiger charge is -2.26. The third-order valence-electron chi connectivity index (χ3n) is 7.76. The summed E-state index contributed by atoms with van der Waals surface area (Å²) in [5.74, 6) is -3.03. The third kappa shape index (κ3) is 5.10. The maximum Gasteiger partial charge on any atom is 0.410 e. The van der Waals surface area contributed by atoms with Gasteiger partial charge in [0.2, 0.25) is 21.8 Å². The summed E-state index contributed by atoms with van der Waals surface area (Å²) in [6.45, 7) is 3.36. The number of likely N-dealkylation sites (tertiary alicyclic amines) is 1. The number of carbonyl (C=O) groups is 4. The second kappa shape index (κ2) is 9.90. The molecule has 4 N–H and O–H groups in total. The average molecular weight is 564 g/mol. The predicted octanol–water partition coefficient (Wildman–Crippen LogP) is -0.125. The fraction of sp³-hybridized carbons (Fsp3) is 0.520. The van der Waals surface area contributed by atoms with Crippen molar-refractivity contribution >= 4 is 33.8 Å². The number of halogens is 1. The maximum absolute atomic E-state index is 14.1. The molecule has 0 unspecified atom stereocenters. The Bertz CT molecular complexity index is 1350. The summed E-state index contributed by atoms with van der Waals surface area (Å²) in [6.07, 6.45) is 0.903. The van der Waals surface area contributed by atoms with E-state index in [1.807, 2.05) is 0 Å². The van der Waals surface area contributed by atoms with E-state index in [1.54, 1.807) is 12.1 Å². The maximum atomic E-state index is 14.1. The fourth-order valence-corrected chi connectivity index (χ4v) is 6.63. The highest BCUT2D eigenvalue weighted by molar-refractivity contribution is 7.91. The zero-order valence-electron chi connectivity index (χ0n) is 21.1. The average Bonchev–Trinajstić information content (AvgIpc) is 3.78. The Morgan fingerprint density at radius 2 is 1.97 bits per heavy atom. The quantitative estimate of drug-likeness (QED) is 0.368. The zero-order chi connectivity index (χ0) is 28.1. The number of fused-ring (bicyclic) bond motifs is 1. The molecule has 4 amide bonds. The number of carbonyl (C=O) groups excluding carboxylic acids is 4. The second-order valence-electron chi connectivity index (χ2n) is 10.4. The van der Waals surface area contributed by atoms with E-state index in [9.17, 15) is 32.0 Å². The molecule has 210 valence electrons. The fourth-order valence-electron chi connectivity index (χ4n) is 5.27. The molecule has 3 fully saturated rings. The van der Waals surface area contributed by atoms with E-state index in [0.717, 1.165) is 0 Å². The van der Waals surface area contributed by atoms with Crippen LogP contribution in [0.25, 0.3) is 0 Å². The van der Waals surface area contributed by atoms with Crippen molar-refractivity contribution in [2.75, 3.05) is 13.1 Å². The predicted molar refractivity (Wildman–Crippen MR) is 134 cm³/mol. The van der Waals surface area contributed by atoms with E-state index in [1.165, 1.54) is 21.9 Å². The molecule has 2 heterocycles. The molecule has 4 aliphatic rings. The van der Waals surface area contributed by atoms with Crippen molar-refractivity contribution in [2.24, 2.45) is 11.7 Å². The van der Waals surface area contributed by atoms with Crippen LogP contribution in [-0.4, -0.2) is 78.1 Å². The van der Waals surface area contributed by atoms with Gasteiger partial charge in [-0.1, -0.05) is 18.2 Å². The lowest BCUT2D eigenvalue weighted by molar-refractivity contribution is -0.138. The molecule has 39 heavy (non-hydrogen) atoms. The van der Waals surface area contributed by atoms with Gasteiger partial charge in [-0.05, 0) is 30.9 Å². The Morgan fingerprint density at radius 1 is 1.23 bits per heavy atom. The minimum Gasteiger partial charge on any atom is -0.444 e. The molecule has 12 nitrogen and oxygen atoms in total. The molecule has 0 radical (unpaired) electrons. The van der Waals surface area contributed by atoms with Crippen LogP contribution in [0, 0.1) is 11.7 Å². The van der Waals surface area contributed by atoms with Gasteiger partial charge < -0.3 is 20.7 Å². The third-order valence-corrected chi connectivity index (χ3v) is 9.58. The molecule has 2 aliphatic carbocycles. The highest BCUT2D eigenvalue weighted by Gasteiger charge is 2.62. The number of nitrogens with two attached hydrogens (primary N) is 1. The van der Waals surface area contributed by atoms with Gasteiger partial charge >= 0.3 is 6.09 Å². The van der Waals surface area contributed by atoms with Crippen LogP contribution in [0.2, 0.25) is 0 Å². The van der Waals surface area contributed by atoms with Gasteiger partial charge in [-0.2, -0.15) is 0 Å². The molecule has 4 atom stereocenters. The van der Waals surface area contributed by atoms with E-state index < -0.39 is 75.1 Å². The topological polar surface area (TPSA) is 168 Å². The molecule has 0 aromatic heterocycles. The van der Waals surface area contributed by atoms with E-state index >= 15 is 0 Å². The van der Waals surface area contributed by atoms with Crippen molar-refractivity contribution in [1.82, 2.24) is 19.8 Å². The van der Waals surface area contributed by atoms with Gasteiger partial charge in [-0.15, -0.1) is 6.58 Å². The minimum atomic E-state index is -3.85. The van der Waals surface area contributed by atoms with Crippen molar-refractivity contribution in [3.63, 3.8) is 0 Å². The summed E-state index contributed by atoms with van der Waals surface area (Å²) in [5.41, 5.74) is 5.10. The highest BCUT2D eigenvalue weighted by Crippen LogP contribution is 2.45. The van der Waals surface area contributed by atoms with Gasteiger partial charge in [0.15, 0.2) is 0 Å². The van der Waals surface area contributed by atoms with Gasteiger partial charge in [0.25, 0.3) is 5.91 Å². The Morgan fingerprint density at radius 3 is 2.59 bits per heavy atom. The summed E-state index contributed by atoms with van der Waals surface area (Å²) in [6, 6.07) is 3.49. The van der Waals surface area contributed by atoms with Crippen LogP contribution in [0.5, 0.6) is 0 Å². The Balaban J connectivity index is 1.26. The number of nitrogens with zero attached hydrogens (tertiary/aromatic N) is 2. The first-order chi connectivity index (χ1) is 18.5. The molecule has 1 aromatic rings. The lowest BCUT2D eigenvalue weighted by atomic mass is 10.1. The summed E-state index contributed by atoms with van der Waals surface area (Å²) in [4.78, 5) is 54.3. The summed E-state index contributed by atoms with van der Waals surface area (Å²) in [7, 11) is -3.85. The van der Waals surface area contributed by atoms with E-state index in [-0.39, 0.29) is 32.5 Å². The van der Waals surface area contributed by atoms with Crippen molar-refractivity contribution in [1.29, 1.82) is 0 Å². The van der Waals surface area contributed by atoms with Crippen LogP contribution in [0.15, 0.2) is 30.9 Å². The van der Waals surface area contributed by atoms with E-state index in [0.29, 0.717) is 24.0 Å². The molecule has 2 aliphatic heterocycles. The van der Waals surface area contributed by atoms with Crippen LogP contribution >= 0.6 is 0 Å². The van der Waals surface area contributed by atoms with E-state index in [4.69, 9.17) is 10.5 Å². The number of benzene rings is 1. The SMILES string of the molecule is C=C[C@@H]1C[C@]1(NC(=O)[C@@H]1C[C@@H](OC(=O)N2Cc3cccc(F)c3C2)CN1C(=O)CN)C(=O)NS(=O)(=O)C1CC1. The standard InChI is InChI=1S/C25H30FN5O7S/c1-2-15-9-25(15,23(34)29-39(36,37)17-6-7-17)28-22(33)20-8-16(12-31(20)21(32)10-27)38-24(35)30-11-14-4-3-5-19(26)18(14)13-30/h2-5,15-17,20H,1,6-13,27H2,(H,28,33)(H,29,34)/t15-,16-,20+,25-/m1/s1. The first kappa shape index (κ1) is 27.1. The van der Waals surface area contributed by atoms with Crippen LogP contribution in [0.1, 0.15) is 36.8 Å². The Labute approximate surface area is 224 Å². The number of sulfonamides is 1. The zero-order valence-corrected chi connectivity index (χ0v) is 21.9. The van der Waals surface area contributed by atoms with Crippen molar-refractivity contribution < 1.29 is 36.7 Å². The molecule has 5 rings (SSSR count). The first-order valence-corrected chi connectivity index (χ1v) is 14.3. The number of nitrogens with one attached hydrogen (secondary N) is 2. The monoisotopic (exact) mass is 563 g/mol. The summed E-state index contributed by atoms with van der Waals surface area (Å²) < 4.78 is 46.4. The van der Waals surface area contributed by atoms with Gasteiger partial charge in [0.05, 0.1) is 24.9 Å². The lowest BCUT2D eigenvalue weighted by Crippen LogP contribution is -2.57. The van der Waals surface area contributed by atoms with Gasteiger partial charge in [-0.3, -0.25) is 24.0 Å². The van der Waals surface area contributed by atoms with Gasteiger partial charge in [0.1, 0.15) is 23.5 Å². The number of hydrogen-bond donors (Lipinski definition) is 3. The summed E-state index contributed by atoms with van der Waals surface area (Å²) in [5, 5.41) is 2.01. The number of amides is 4. The molecule has 0 bridgehead atoms. The number of rotatable bonds is 8. The van der Waals surface area contributed by atoms with Crippen molar-refractivity contribution in [3.05, 3.63) is 47.8 Å². The molecule has 1 aromatic carbocycles. The first-order valence-electron chi connectivity index (χ1n) is 12.7. The largest absolute Gasteiger partial charge is 0.444 e. The van der Waals surface area contributed by atoms with Crippen LogP contribution in [-0.2, 0) is 42.2 Å². The van der Waals surface area contributed by atoms with Crippen molar-refractivity contribution in [3.8, 4) is 0 Å². The highest BCUT2D eigenvalue weighted by atomic mass is 32.2. The Kier molecular flexibility index (Phi) is 6.87. The normalized spacial score (nSPS) is 27.5. The van der Waals surface area contributed by atoms with E-state index in [2.05, 4.69) is 16.6 Å². The van der Waals surface area contributed by atoms with Gasteiger partial charge in [-0.25, -0.2) is 17.6 Å². The molecule has 1 saturated heterocycles. The van der Waals surface area contributed by atoms with Crippen LogP contribution in [0.4, 0.5) is 9.18 Å². The Hall–Kier alpha value is -3.52. The molecule has 2 saturated carbocycles. The van der Waals surface area contributed by atoms with Crippen LogP contribution in [0.3, 0.4) is 0 Å². The molecular weight excluding hydrogens is 533 g/mol. The number of ether oxygens (including phenoxy) is 1. The second-order valence-corrected chi connectivity index (χ2v) is 12.4. The summed E-state index contributed by atoms with van der Waals surface area (Å²) >= 11 is 0. The molecule has 14 heteroatoms. The number of hydrogen-bond acceptors (Lipinski definition) is 8. The smallest absolute Gasteiger partial charge is 0.410 e. The minimum absolute atomic E-state index is 0.0350.